The van der Waals surface area contributed by atoms with Crippen molar-refractivity contribution in [3.05, 3.63) is 34.9 Å². The van der Waals surface area contributed by atoms with Gasteiger partial charge in [-0.3, -0.25) is 4.99 Å². The van der Waals surface area contributed by atoms with E-state index in [1.165, 1.54) is 0 Å². The summed E-state index contributed by atoms with van der Waals surface area (Å²) in [6, 6.07) is 7.69. The highest BCUT2D eigenvalue weighted by atomic mass is 35.5. The summed E-state index contributed by atoms with van der Waals surface area (Å²) >= 11 is 5.97. The molecule has 1 saturated heterocycles. The number of rotatable bonds is 9. The molecule has 0 bridgehead atoms. The van der Waals surface area contributed by atoms with E-state index in [9.17, 15) is 8.42 Å². The third kappa shape index (κ3) is 8.92. The summed E-state index contributed by atoms with van der Waals surface area (Å²) in [5.41, 5.74) is 1.13. The fraction of sp³-hybridized carbons (Fsp3) is 0.611. The van der Waals surface area contributed by atoms with Crippen LogP contribution in [-0.4, -0.2) is 59.5 Å². The van der Waals surface area contributed by atoms with Crippen LogP contribution < -0.4 is 15.4 Å². The van der Waals surface area contributed by atoms with Crippen LogP contribution in [0.15, 0.2) is 29.3 Å². The molecule has 152 valence electrons. The Morgan fingerprint density at radius 3 is 2.81 bits per heavy atom. The molecule has 1 fully saturated rings. The lowest BCUT2D eigenvalue weighted by atomic mass is 10.1. The van der Waals surface area contributed by atoms with Gasteiger partial charge in [0.2, 0.25) is 10.0 Å². The summed E-state index contributed by atoms with van der Waals surface area (Å²) < 4.78 is 32.4. The molecule has 1 unspecified atom stereocenters. The van der Waals surface area contributed by atoms with Gasteiger partial charge in [0.15, 0.2) is 5.96 Å². The van der Waals surface area contributed by atoms with Gasteiger partial charge in [0.05, 0.1) is 11.9 Å². The first kappa shape index (κ1) is 21.9. The van der Waals surface area contributed by atoms with Gasteiger partial charge in [-0.25, -0.2) is 13.1 Å². The van der Waals surface area contributed by atoms with Crippen LogP contribution in [0.5, 0.6) is 0 Å². The van der Waals surface area contributed by atoms with Crippen molar-refractivity contribution in [3.63, 3.8) is 0 Å². The number of guanidine groups is 1. The maximum Gasteiger partial charge on any atom is 0.213 e. The summed E-state index contributed by atoms with van der Waals surface area (Å²) in [6.45, 7) is 2.00. The van der Waals surface area contributed by atoms with E-state index in [0.29, 0.717) is 30.7 Å². The summed E-state index contributed by atoms with van der Waals surface area (Å²) in [6.07, 6.45) is 3.83. The van der Waals surface area contributed by atoms with Crippen molar-refractivity contribution in [2.24, 2.45) is 4.99 Å². The van der Waals surface area contributed by atoms with Gasteiger partial charge < -0.3 is 15.4 Å². The highest BCUT2D eigenvalue weighted by Gasteiger charge is 2.17. The third-order valence-electron chi connectivity index (χ3n) is 4.29. The number of hydrogen-bond acceptors (Lipinski definition) is 4. The molecule has 0 radical (unpaired) electrons. The molecule has 3 N–H and O–H groups in total. The van der Waals surface area contributed by atoms with Crippen LogP contribution in [-0.2, 0) is 21.2 Å². The van der Waals surface area contributed by atoms with Gasteiger partial charge in [-0.05, 0) is 43.4 Å². The van der Waals surface area contributed by atoms with Crippen LogP contribution >= 0.6 is 11.6 Å². The molecule has 0 aliphatic carbocycles. The molecular formula is C18H29ClN4O3S. The van der Waals surface area contributed by atoms with E-state index in [-0.39, 0.29) is 18.4 Å². The largest absolute Gasteiger partial charge is 0.377 e. The number of hydrogen-bond donors (Lipinski definition) is 3. The molecule has 1 aliphatic heterocycles. The molecule has 0 aromatic heterocycles. The summed E-state index contributed by atoms with van der Waals surface area (Å²) in [5.74, 6) is 0.553. The Morgan fingerprint density at radius 1 is 1.30 bits per heavy atom. The van der Waals surface area contributed by atoms with E-state index in [1.807, 2.05) is 24.3 Å². The van der Waals surface area contributed by atoms with Gasteiger partial charge in [0.25, 0.3) is 0 Å². The Hall–Kier alpha value is -1.35. The topological polar surface area (TPSA) is 91.8 Å². The first-order valence-electron chi connectivity index (χ1n) is 9.26. The van der Waals surface area contributed by atoms with Crippen molar-refractivity contribution in [2.45, 2.75) is 31.8 Å². The standard InChI is InChI=1S/C18H29ClN4O3S/c1-20-18(21-9-8-15-5-4-6-16(19)13-15)22-10-12-27(24,25)23-14-17-7-2-3-11-26-17/h4-6,13,17,23H,2-3,7-12,14H2,1H3,(H2,20,21,22). The zero-order chi connectivity index (χ0) is 19.5. The zero-order valence-electron chi connectivity index (χ0n) is 15.7. The number of nitrogens with one attached hydrogen (secondary N) is 3. The molecule has 9 heteroatoms. The van der Waals surface area contributed by atoms with Crippen molar-refractivity contribution in [1.29, 1.82) is 0 Å². The van der Waals surface area contributed by atoms with E-state index in [0.717, 1.165) is 31.2 Å². The lowest BCUT2D eigenvalue weighted by Gasteiger charge is -2.22. The van der Waals surface area contributed by atoms with Crippen LogP contribution in [0.3, 0.4) is 0 Å². The first-order chi connectivity index (χ1) is 13.0. The van der Waals surface area contributed by atoms with Crippen LogP contribution in [0.2, 0.25) is 5.02 Å². The zero-order valence-corrected chi connectivity index (χ0v) is 17.3. The van der Waals surface area contributed by atoms with Crippen molar-refractivity contribution in [1.82, 2.24) is 15.4 Å². The molecule has 1 heterocycles. The monoisotopic (exact) mass is 416 g/mol. The van der Waals surface area contributed by atoms with E-state index < -0.39 is 10.0 Å². The van der Waals surface area contributed by atoms with Crippen LogP contribution in [0.25, 0.3) is 0 Å². The number of benzene rings is 1. The molecule has 27 heavy (non-hydrogen) atoms. The highest BCUT2D eigenvalue weighted by Crippen LogP contribution is 2.12. The van der Waals surface area contributed by atoms with Gasteiger partial charge in [0, 0.05) is 38.3 Å². The Labute approximate surface area is 167 Å². The van der Waals surface area contributed by atoms with Crippen molar-refractivity contribution in [3.8, 4) is 0 Å². The van der Waals surface area contributed by atoms with Crippen molar-refractivity contribution < 1.29 is 13.2 Å². The first-order valence-corrected chi connectivity index (χ1v) is 11.3. The maximum atomic E-state index is 12.1. The minimum Gasteiger partial charge on any atom is -0.377 e. The van der Waals surface area contributed by atoms with Crippen LogP contribution in [0.4, 0.5) is 0 Å². The van der Waals surface area contributed by atoms with Crippen molar-refractivity contribution >= 4 is 27.6 Å². The number of aliphatic imine (C=N–C) groups is 1. The third-order valence-corrected chi connectivity index (χ3v) is 5.87. The summed E-state index contributed by atoms with van der Waals surface area (Å²) in [5, 5.41) is 6.91. The summed E-state index contributed by atoms with van der Waals surface area (Å²) in [4.78, 5) is 4.11. The van der Waals surface area contributed by atoms with Gasteiger partial charge in [0.1, 0.15) is 0 Å². The fourth-order valence-electron chi connectivity index (χ4n) is 2.80. The minimum absolute atomic E-state index is 0.0117. The average molecular weight is 417 g/mol. The van der Waals surface area contributed by atoms with E-state index in [4.69, 9.17) is 16.3 Å². The number of halogens is 1. The fourth-order valence-corrected chi connectivity index (χ4v) is 3.97. The van der Waals surface area contributed by atoms with Crippen LogP contribution in [0.1, 0.15) is 24.8 Å². The summed E-state index contributed by atoms with van der Waals surface area (Å²) in [7, 11) is -1.69. The second kappa shape index (κ2) is 11.5. The quantitative estimate of drug-likeness (QED) is 0.419. The second-order valence-corrected chi connectivity index (χ2v) is 8.82. The van der Waals surface area contributed by atoms with E-state index >= 15 is 0 Å². The maximum absolute atomic E-state index is 12.1. The lowest BCUT2D eigenvalue weighted by Crippen LogP contribution is -2.43. The Kier molecular flexibility index (Phi) is 9.33. The molecule has 0 saturated carbocycles. The molecule has 1 atom stereocenters. The molecule has 2 rings (SSSR count). The van der Waals surface area contributed by atoms with Gasteiger partial charge >= 0.3 is 0 Å². The molecule has 7 nitrogen and oxygen atoms in total. The molecule has 1 aliphatic rings. The van der Waals surface area contributed by atoms with Gasteiger partial charge in [-0.2, -0.15) is 0 Å². The molecular weight excluding hydrogens is 388 g/mol. The predicted octanol–water partition coefficient (Wildman–Crippen LogP) is 1.54. The van der Waals surface area contributed by atoms with Gasteiger partial charge in [-0.15, -0.1) is 0 Å². The van der Waals surface area contributed by atoms with E-state index in [1.54, 1.807) is 7.05 Å². The number of sulfonamides is 1. The van der Waals surface area contributed by atoms with Gasteiger partial charge in [-0.1, -0.05) is 23.7 Å². The minimum atomic E-state index is -3.34. The predicted molar refractivity (Wildman–Crippen MR) is 110 cm³/mol. The molecule has 0 amide bonds. The lowest BCUT2D eigenvalue weighted by molar-refractivity contribution is 0.0200. The Balaban J connectivity index is 1.64. The molecule has 1 aromatic rings. The number of nitrogens with zero attached hydrogens (tertiary/aromatic N) is 1. The normalized spacial score (nSPS) is 18.3. The Morgan fingerprint density at radius 2 is 2.11 bits per heavy atom. The smallest absolute Gasteiger partial charge is 0.213 e. The number of ether oxygens (including phenoxy) is 1. The van der Waals surface area contributed by atoms with Crippen LogP contribution in [0, 0.1) is 0 Å². The molecule has 0 spiro atoms. The highest BCUT2D eigenvalue weighted by molar-refractivity contribution is 7.89. The SMILES string of the molecule is CN=C(NCCc1cccc(Cl)c1)NCCS(=O)(=O)NCC1CCCCO1. The second-order valence-electron chi connectivity index (χ2n) is 6.46. The average Bonchev–Trinajstić information content (AvgIpc) is 2.66. The Bertz CT molecular complexity index is 706. The van der Waals surface area contributed by atoms with Crippen molar-refractivity contribution in [2.75, 3.05) is 39.0 Å². The molecule has 1 aromatic carbocycles. The van der Waals surface area contributed by atoms with E-state index in [2.05, 4.69) is 20.3 Å².